The third-order valence-electron chi connectivity index (χ3n) is 1.33. The van der Waals surface area contributed by atoms with Crippen LogP contribution in [0.1, 0.15) is 19.4 Å². The molecule has 0 aliphatic rings. The predicted molar refractivity (Wildman–Crippen MR) is 52.0 cm³/mol. The van der Waals surface area contributed by atoms with E-state index in [-0.39, 0.29) is 5.82 Å². The Bertz CT molecular complexity index is 213. The van der Waals surface area contributed by atoms with E-state index < -0.39 is 0 Å². The van der Waals surface area contributed by atoms with Crippen LogP contribution in [0, 0.1) is 12.7 Å². The summed E-state index contributed by atoms with van der Waals surface area (Å²) >= 11 is 0. The maximum atomic E-state index is 12.6. The van der Waals surface area contributed by atoms with Crippen molar-refractivity contribution in [3.63, 3.8) is 0 Å². The topological polar surface area (TPSA) is 12.0 Å². The Morgan fingerprint density at radius 2 is 1.75 bits per heavy atom. The first-order chi connectivity index (χ1) is 5.72. The molecule has 0 bridgehead atoms. The molecular weight excluding hydrogens is 153 g/mol. The number of hydrogen-bond donors (Lipinski definition) is 1. The van der Waals surface area contributed by atoms with E-state index in [1.165, 1.54) is 12.1 Å². The summed E-state index contributed by atoms with van der Waals surface area (Å²) in [6.07, 6.45) is 0. The predicted octanol–water partition coefficient (Wildman–Crippen LogP) is 3.20. The summed E-state index contributed by atoms with van der Waals surface area (Å²) < 4.78 is 12.6. The van der Waals surface area contributed by atoms with Crippen LogP contribution in [0.25, 0.3) is 0 Å². The van der Waals surface area contributed by atoms with E-state index in [0.717, 1.165) is 11.3 Å². The molecule has 0 spiro atoms. The van der Waals surface area contributed by atoms with Gasteiger partial charge in [-0.25, -0.2) is 4.39 Å². The lowest BCUT2D eigenvalue weighted by atomic mass is 10.2. The van der Waals surface area contributed by atoms with E-state index in [9.17, 15) is 4.39 Å². The van der Waals surface area contributed by atoms with Crippen LogP contribution >= 0.6 is 0 Å². The molecule has 1 aromatic carbocycles. The van der Waals surface area contributed by atoms with Crippen molar-refractivity contribution in [2.45, 2.75) is 20.8 Å². The zero-order valence-corrected chi connectivity index (χ0v) is 8.11. The van der Waals surface area contributed by atoms with Crippen LogP contribution in [0.5, 0.6) is 0 Å². The molecule has 0 aliphatic heterocycles. The Morgan fingerprint density at radius 3 is 2.17 bits per heavy atom. The van der Waals surface area contributed by atoms with E-state index in [0.29, 0.717) is 0 Å². The fourth-order valence-corrected chi connectivity index (χ4v) is 0.881. The monoisotopic (exact) mass is 169 g/mol. The molecule has 0 aromatic heterocycles. The van der Waals surface area contributed by atoms with Crippen LogP contribution < -0.4 is 5.32 Å². The first-order valence-electron chi connectivity index (χ1n) is 4.17. The van der Waals surface area contributed by atoms with Crippen LogP contribution in [0.2, 0.25) is 0 Å². The molecule has 12 heavy (non-hydrogen) atoms. The summed E-state index contributed by atoms with van der Waals surface area (Å²) in [5.41, 5.74) is 1.75. The molecule has 0 fully saturated rings. The first-order valence-corrected chi connectivity index (χ1v) is 4.17. The number of halogens is 1. The molecule has 0 amide bonds. The molecule has 68 valence electrons. The number of aryl methyl sites for hydroxylation is 1. The van der Waals surface area contributed by atoms with Crippen LogP contribution in [-0.2, 0) is 0 Å². The highest BCUT2D eigenvalue weighted by atomic mass is 19.1. The van der Waals surface area contributed by atoms with E-state index >= 15 is 0 Å². The van der Waals surface area contributed by atoms with E-state index in [2.05, 4.69) is 5.32 Å². The van der Waals surface area contributed by atoms with Gasteiger partial charge in [-0.2, -0.15) is 0 Å². The molecule has 0 heterocycles. The third-order valence-corrected chi connectivity index (χ3v) is 1.33. The van der Waals surface area contributed by atoms with Gasteiger partial charge in [-0.15, -0.1) is 0 Å². The molecule has 2 heteroatoms. The van der Waals surface area contributed by atoms with Gasteiger partial charge in [0.1, 0.15) is 5.82 Å². The number of rotatable bonds is 1. The molecule has 1 rings (SSSR count). The smallest absolute Gasteiger partial charge is 0.125 e. The molecule has 1 N–H and O–H groups in total. The zero-order chi connectivity index (χ0) is 9.56. The van der Waals surface area contributed by atoms with Crippen molar-refractivity contribution >= 4 is 5.69 Å². The Hall–Kier alpha value is -1.05. The Kier molecular flexibility index (Phi) is 5.09. The van der Waals surface area contributed by atoms with Gasteiger partial charge in [0.05, 0.1) is 0 Å². The summed E-state index contributed by atoms with van der Waals surface area (Å²) in [5, 5.41) is 2.87. The van der Waals surface area contributed by atoms with Gasteiger partial charge in [0.2, 0.25) is 0 Å². The van der Waals surface area contributed by atoms with Crippen LogP contribution in [0.3, 0.4) is 0 Å². The second-order valence-corrected chi connectivity index (χ2v) is 2.27. The SMILES string of the molecule is CC.CNc1cc(C)cc(F)c1. The zero-order valence-electron chi connectivity index (χ0n) is 8.11. The summed E-state index contributed by atoms with van der Waals surface area (Å²) in [6, 6.07) is 4.86. The quantitative estimate of drug-likeness (QED) is 0.680. The summed E-state index contributed by atoms with van der Waals surface area (Å²) in [6.45, 7) is 5.86. The van der Waals surface area contributed by atoms with Gasteiger partial charge in [-0.3, -0.25) is 0 Å². The van der Waals surface area contributed by atoms with Gasteiger partial charge in [-0.05, 0) is 30.7 Å². The highest BCUT2D eigenvalue weighted by Crippen LogP contribution is 2.11. The third kappa shape index (κ3) is 3.37. The lowest BCUT2D eigenvalue weighted by Gasteiger charge is -2.00. The van der Waals surface area contributed by atoms with E-state index in [4.69, 9.17) is 0 Å². The second kappa shape index (κ2) is 5.58. The number of nitrogens with one attached hydrogen (secondary N) is 1. The molecular formula is C10H16FN. The first kappa shape index (κ1) is 11.0. The maximum absolute atomic E-state index is 12.6. The van der Waals surface area contributed by atoms with Crippen molar-refractivity contribution in [1.29, 1.82) is 0 Å². The minimum absolute atomic E-state index is 0.190. The van der Waals surface area contributed by atoms with Crippen LogP contribution in [0.15, 0.2) is 18.2 Å². The van der Waals surface area contributed by atoms with Gasteiger partial charge in [0.25, 0.3) is 0 Å². The van der Waals surface area contributed by atoms with Crippen molar-refractivity contribution in [3.8, 4) is 0 Å². The van der Waals surface area contributed by atoms with Crippen LogP contribution in [-0.4, -0.2) is 7.05 Å². The number of hydrogen-bond acceptors (Lipinski definition) is 1. The minimum Gasteiger partial charge on any atom is -0.388 e. The summed E-state index contributed by atoms with van der Waals surface area (Å²) in [4.78, 5) is 0. The van der Waals surface area contributed by atoms with Gasteiger partial charge in [0, 0.05) is 12.7 Å². The number of anilines is 1. The standard InChI is InChI=1S/C8H10FN.C2H6/c1-6-3-7(9)5-8(4-6)10-2;1-2/h3-5,10H,1-2H3;1-2H3. The highest BCUT2D eigenvalue weighted by Gasteiger charge is 1.93. The van der Waals surface area contributed by atoms with Gasteiger partial charge >= 0.3 is 0 Å². The molecule has 1 nitrogen and oxygen atoms in total. The van der Waals surface area contributed by atoms with E-state index in [1.54, 1.807) is 7.05 Å². The molecule has 1 aromatic rings. The molecule has 0 unspecified atom stereocenters. The Morgan fingerprint density at radius 1 is 1.17 bits per heavy atom. The number of benzene rings is 1. The van der Waals surface area contributed by atoms with Crippen molar-refractivity contribution in [2.75, 3.05) is 12.4 Å². The van der Waals surface area contributed by atoms with E-state index in [1.807, 2.05) is 26.8 Å². The molecule has 0 saturated carbocycles. The average Bonchev–Trinajstić information content (AvgIpc) is 2.06. The van der Waals surface area contributed by atoms with Crippen molar-refractivity contribution in [2.24, 2.45) is 0 Å². The Balaban J connectivity index is 0.000000561. The molecule has 0 saturated heterocycles. The minimum atomic E-state index is -0.190. The molecule has 0 radical (unpaired) electrons. The van der Waals surface area contributed by atoms with Gasteiger partial charge in [-0.1, -0.05) is 13.8 Å². The summed E-state index contributed by atoms with van der Waals surface area (Å²) in [5.74, 6) is -0.190. The fraction of sp³-hybridized carbons (Fsp3) is 0.400. The average molecular weight is 169 g/mol. The van der Waals surface area contributed by atoms with Crippen molar-refractivity contribution in [3.05, 3.63) is 29.6 Å². The molecule has 0 atom stereocenters. The molecule has 0 aliphatic carbocycles. The Labute approximate surface area is 73.6 Å². The normalized spacial score (nSPS) is 8.42. The van der Waals surface area contributed by atoms with Crippen LogP contribution in [0.4, 0.5) is 10.1 Å². The highest BCUT2D eigenvalue weighted by molar-refractivity contribution is 5.45. The van der Waals surface area contributed by atoms with Crippen molar-refractivity contribution in [1.82, 2.24) is 0 Å². The lowest BCUT2D eigenvalue weighted by molar-refractivity contribution is 0.627. The fourth-order valence-electron chi connectivity index (χ4n) is 0.881. The van der Waals surface area contributed by atoms with Gasteiger partial charge < -0.3 is 5.32 Å². The maximum Gasteiger partial charge on any atom is 0.125 e. The lowest BCUT2D eigenvalue weighted by Crippen LogP contribution is -1.89. The van der Waals surface area contributed by atoms with Crippen molar-refractivity contribution < 1.29 is 4.39 Å². The largest absolute Gasteiger partial charge is 0.388 e. The second-order valence-electron chi connectivity index (χ2n) is 2.27. The summed E-state index contributed by atoms with van der Waals surface area (Å²) in [7, 11) is 1.77. The van der Waals surface area contributed by atoms with Gasteiger partial charge in [0.15, 0.2) is 0 Å².